The summed E-state index contributed by atoms with van der Waals surface area (Å²) in [6, 6.07) is 20.1. The normalized spacial score (nSPS) is 12.0. The Hall–Kier alpha value is -3.34. The Kier molecular flexibility index (Phi) is 3.84. The maximum absolute atomic E-state index is 12.7. The number of hydrogen-bond donors (Lipinski definition) is 1. The Morgan fingerprint density at radius 1 is 0.885 bits per heavy atom. The van der Waals surface area contributed by atoms with E-state index in [4.69, 9.17) is 0 Å². The Labute approximate surface area is 151 Å². The summed E-state index contributed by atoms with van der Waals surface area (Å²) < 4.78 is 3.61. The van der Waals surface area contributed by atoms with E-state index in [1.165, 1.54) is 0 Å². The molecule has 1 N–H and O–H groups in total. The van der Waals surface area contributed by atoms with Gasteiger partial charge in [-0.3, -0.25) is 14.9 Å². The zero-order valence-electron chi connectivity index (χ0n) is 15.0. The van der Waals surface area contributed by atoms with Gasteiger partial charge in [0.05, 0.1) is 11.0 Å². The fourth-order valence-electron chi connectivity index (χ4n) is 3.23. The van der Waals surface area contributed by atoms with E-state index in [2.05, 4.69) is 16.6 Å². The summed E-state index contributed by atoms with van der Waals surface area (Å²) in [5, 5.41) is 6.74. The van der Waals surface area contributed by atoms with Crippen molar-refractivity contribution in [3.05, 3.63) is 72.1 Å². The van der Waals surface area contributed by atoms with Crippen LogP contribution in [-0.4, -0.2) is 21.0 Å². The lowest BCUT2D eigenvalue weighted by Crippen LogP contribution is -2.29. The van der Waals surface area contributed by atoms with Crippen molar-refractivity contribution >= 4 is 33.4 Å². The molecular formula is C21H20N4O. The molecule has 4 aromatic rings. The van der Waals surface area contributed by atoms with Crippen molar-refractivity contribution in [3.8, 4) is 0 Å². The number of hydrogen-bond acceptors (Lipinski definition) is 2. The SMILES string of the molecule is C/C(=N\n1c(C)cc2ccccc21)C(=O)Nn1c(C)cc2ccccc21. The molecule has 0 fully saturated rings. The van der Waals surface area contributed by atoms with Gasteiger partial charge >= 0.3 is 0 Å². The van der Waals surface area contributed by atoms with Crippen LogP contribution in [0.4, 0.5) is 0 Å². The topological polar surface area (TPSA) is 51.3 Å². The van der Waals surface area contributed by atoms with E-state index in [9.17, 15) is 4.79 Å². The summed E-state index contributed by atoms with van der Waals surface area (Å²) in [5.41, 5.74) is 7.25. The molecule has 2 aromatic heterocycles. The van der Waals surface area contributed by atoms with Gasteiger partial charge in [0.2, 0.25) is 0 Å². The zero-order valence-corrected chi connectivity index (χ0v) is 15.0. The predicted molar refractivity (Wildman–Crippen MR) is 106 cm³/mol. The van der Waals surface area contributed by atoms with Crippen LogP contribution < -0.4 is 5.43 Å². The van der Waals surface area contributed by atoms with Crippen molar-refractivity contribution in [2.24, 2.45) is 5.10 Å². The number of fused-ring (bicyclic) bond motifs is 2. The molecule has 0 saturated heterocycles. The molecular weight excluding hydrogens is 324 g/mol. The number of nitrogens with one attached hydrogen (secondary N) is 1. The highest BCUT2D eigenvalue weighted by molar-refractivity contribution is 6.41. The van der Waals surface area contributed by atoms with Gasteiger partial charge in [0.15, 0.2) is 0 Å². The molecule has 1 amide bonds. The van der Waals surface area contributed by atoms with E-state index in [-0.39, 0.29) is 5.91 Å². The number of para-hydroxylation sites is 2. The summed E-state index contributed by atoms with van der Waals surface area (Å²) in [5.74, 6) is -0.230. The maximum Gasteiger partial charge on any atom is 0.286 e. The Bertz CT molecular complexity index is 1160. The van der Waals surface area contributed by atoms with Gasteiger partial charge in [0.1, 0.15) is 5.71 Å². The second-order valence-corrected chi connectivity index (χ2v) is 6.46. The van der Waals surface area contributed by atoms with E-state index < -0.39 is 0 Å². The predicted octanol–water partition coefficient (Wildman–Crippen LogP) is 4.21. The van der Waals surface area contributed by atoms with Crippen LogP contribution in [0.1, 0.15) is 18.3 Å². The Morgan fingerprint density at radius 2 is 1.46 bits per heavy atom. The first-order valence-electron chi connectivity index (χ1n) is 8.56. The third-order valence-corrected chi connectivity index (χ3v) is 4.55. The molecule has 130 valence electrons. The fraction of sp³-hybridized carbons (Fsp3) is 0.143. The molecule has 2 heterocycles. The highest BCUT2D eigenvalue weighted by Gasteiger charge is 2.12. The van der Waals surface area contributed by atoms with Crippen LogP contribution >= 0.6 is 0 Å². The number of carbonyl (C=O) groups excluding carboxylic acids is 1. The van der Waals surface area contributed by atoms with Crippen LogP contribution in [0.5, 0.6) is 0 Å². The smallest absolute Gasteiger partial charge is 0.266 e. The molecule has 0 saturated carbocycles. The molecule has 0 radical (unpaired) electrons. The highest BCUT2D eigenvalue weighted by atomic mass is 16.2. The molecule has 0 aliphatic rings. The minimum absolute atomic E-state index is 0.230. The summed E-state index contributed by atoms with van der Waals surface area (Å²) in [7, 11) is 0. The molecule has 0 atom stereocenters. The Balaban J connectivity index is 1.68. The van der Waals surface area contributed by atoms with Crippen LogP contribution in [0, 0.1) is 13.8 Å². The van der Waals surface area contributed by atoms with E-state index >= 15 is 0 Å². The first kappa shape index (κ1) is 16.1. The molecule has 0 aliphatic carbocycles. The van der Waals surface area contributed by atoms with Gasteiger partial charge in [0.25, 0.3) is 5.91 Å². The number of aromatic nitrogens is 2. The molecule has 5 nitrogen and oxygen atoms in total. The minimum Gasteiger partial charge on any atom is -0.266 e. The number of carbonyl (C=O) groups is 1. The van der Waals surface area contributed by atoms with E-state index in [1.54, 1.807) is 11.6 Å². The van der Waals surface area contributed by atoms with Gasteiger partial charge in [-0.05, 0) is 45.0 Å². The van der Waals surface area contributed by atoms with Crippen molar-refractivity contribution in [2.75, 3.05) is 5.43 Å². The second kappa shape index (κ2) is 6.19. The van der Waals surface area contributed by atoms with Gasteiger partial charge in [-0.25, -0.2) is 4.68 Å². The standard InChI is InChI=1S/C21H20N4O/c1-14-12-17-8-4-6-10-19(17)24(14)22-16(3)21(26)23-25-15(2)13-18-9-5-7-11-20(18)25/h4-13H,1-3H3,(H,23,26)/b22-16+. The van der Waals surface area contributed by atoms with Crippen LogP contribution in [0.25, 0.3) is 21.8 Å². The van der Waals surface area contributed by atoms with Crippen LogP contribution in [0.3, 0.4) is 0 Å². The van der Waals surface area contributed by atoms with E-state index in [0.717, 1.165) is 33.2 Å². The molecule has 0 unspecified atom stereocenters. The zero-order chi connectivity index (χ0) is 18.3. The Morgan fingerprint density at radius 3 is 2.19 bits per heavy atom. The molecule has 4 rings (SSSR count). The van der Waals surface area contributed by atoms with E-state index in [0.29, 0.717) is 5.71 Å². The molecule has 0 spiro atoms. The van der Waals surface area contributed by atoms with Gasteiger partial charge < -0.3 is 0 Å². The molecule has 2 aromatic carbocycles. The lowest BCUT2D eigenvalue weighted by molar-refractivity contribution is -0.111. The van der Waals surface area contributed by atoms with Crippen LogP contribution in [0.2, 0.25) is 0 Å². The second-order valence-electron chi connectivity index (χ2n) is 6.46. The number of aryl methyl sites for hydroxylation is 2. The third-order valence-electron chi connectivity index (χ3n) is 4.55. The summed E-state index contributed by atoms with van der Waals surface area (Å²) in [6.07, 6.45) is 0. The maximum atomic E-state index is 12.7. The lowest BCUT2D eigenvalue weighted by Gasteiger charge is -2.11. The van der Waals surface area contributed by atoms with Crippen molar-refractivity contribution in [3.63, 3.8) is 0 Å². The number of nitrogens with zero attached hydrogens (tertiary/aromatic N) is 3. The number of rotatable bonds is 3. The quantitative estimate of drug-likeness (QED) is 0.556. The highest BCUT2D eigenvalue weighted by Crippen LogP contribution is 2.19. The van der Waals surface area contributed by atoms with Gasteiger partial charge in [-0.2, -0.15) is 5.10 Å². The summed E-state index contributed by atoms with van der Waals surface area (Å²) >= 11 is 0. The van der Waals surface area contributed by atoms with Crippen LogP contribution in [-0.2, 0) is 4.79 Å². The van der Waals surface area contributed by atoms with Crippen molar-refractivity contribution in [1.29, 1.82) is 0 Å². The summed E-state index contributed by atoms with van der Waals surface area (Å²) in [6.45, 7) is 5.68. The van der Waals surface area contributed by atoms with Crippen molar-refractivity contribution in [1.82, 2.24) is 9.35 Å². The largest absolute Gasteiger partial charge is 0.286 e. The van der Waals surface area contributed by atoms with Crippen LogP contribution in [0.15, 0.2) is 65.8 Å². The average molecular weight is 344 g/mol. The van der Waals surface area contributed by atoms with E-state index in [1.807, 2.05) is 73.1 Å². The first-order valence-corrected chi connectivity index (χ1v) is 8.56. The molecule has 26 heavy (non-hydrogen) atoms. The minimum atomic E-state index is -0.230. The van der Waals surface area contributed by atoms with Gasteiger partial charge in [-0.1, -0.05) is 36.4 Å². The third kappa shape index (κ3) is 2.67. The average Bonchev–Trinajstić information content (AvgIpc) is 3.12. The van der Waals surface area contributed by atoms with Gasteiger partial charge in [-0.15, -0.1) is 0 Å². The number of amides is 1. The van der Waals surface area contributed by atoms with Crippen molar-refractivity contribution in [2.45, 2.75) is 20.8 Å². The lowest BCUT2D eigenvalue weighted by atomic mass is 10.2. The monoisotopic (exact) mass is 344 g/mol. The number of benzene rings is 2. The molecule has 0 bridgehead atoms. The first-order chi connectivity index (χ1) is 12.5. The van der Waals surface area contributed by atoms with Crippen molar-refractivity contribution < 1.29 is 4.79 Å². The molecule has 0 aliphatic heterocycles. The summed E-state index contributed by atoms with van der Waals surface area (Å²) in [4.78, 5) is 12.7. The van der Waals surface area contributed by atoms with Gasteiger partial charge in [0, 0.05) is 22.2 Å². The molecule has 5 heteroatoms. The fourth-order valence-corrected chi connectivity index (χ4v) is 3.23.